The van der Waals surface area contributed by atoms with E-state index in [2.05, 4.69) is 91.9 Å². The lowest BCUT2D eigenvalue weighted by molar-refractivity contribution is 0.715. The summed E-state index contributed by atoms with van der Waals surface area (Å²) in [6.45, 7) is 6.38. The Bertz CT molecular complexity index is 968. The van der Waals surface area contributed by atoms with Gasteiger partial charge in [0.2, 0.25) is 0 Å². The Morgan fingerprint density at radius 2 is 1.57 bits per heavy atom. The molecule has 2 atom stereocenters. The quantitative estimate of drug-likeness (QED) is 0.512. The minimum atomic E-state index is -0.171. The Morgan fingerprint density at radius 3 is 2.32 bits per heavy atom. The molecule has 0 aromatic heterocycles. The summed E-state index contributed by atoms with van der Waals surface area (Å²) in [6, 6.07) is 20.2. The van der Waals surface area contributed by atoms with Gasteiger partial charge < -0.3 is 0 Å². The number of hydrogen-bond acceptors (Lipinski definition) is 0. The monoisotopic (exact) mass is 366 g/mol. The minimum Gasteiger partial charge on any atom is -0.0839 e. The molecule has 0 nitrogen and oxygen atoms in total. The molecule has 0 saturated heterocycles. The van der Waals surface area contributed by atoms with Gasteiger partial charge in [-0.05, 0) is 58.6 Å². The maximum absolute atomic E-state index is 2.47. The van der Waals surface area contributed by atoms with Crippen LogP contribution in [0.1, 0.15) is 56.7 Å². The smallest absolute Gasteiger partial charge is 0.0707 e. The van der Waals surface area contributed by atoms with Gasteiger partial charge in [0.05, 0.1) is 5.41 Å². The van der Waals surface area contributed by atoms with Gasteiger partial charge in [-0.2, -0.15) is 0 Å². The highest BCUT2D eigenvalue weighted by Gasteiger charge is 2.48. The standard InChI is InChI=1S/C26H24.C2H6/c1-19-11-10-18-24-25(19)22-16-8-9-17-23(22)26(24,20-12-4-2-5-13-20)21-14-6-3-7-15-21;1-2/h2,4-6,8-10,12-19H,3,7,11H2,1H3;1-2H3. The van der Waals surface area contributed by atoms with Gasteiger partial charge in [-0.25, -0.2) is 0 Å². The fourth-order valence-corrected chi connectivity index (χ4v) is 5.16. The zero-order valence-corrected chi connectivity index (χ0v) is 17.3. The molecule has 0 saturated carbocycles. The van der Waals surface area contributed by atoms with Crippen LogP contribution in [-0.4, -0.2) is 0 Å². The zero-order chi connectivity index (χ0) is 19.6. The van der Waals surface area contributed by atoms with Gasteiger partial charge in [-0.1, -0.05) is 106 Å². The molecule has 0 spiro atoms. The third-order valence-corrected chi connectivity index (χ3v) is 6.22. The zero-order valence-electron chi connectivity index (χ0n) is 17.3. The molecule has 28 heavy (non-hydrogen) atoms. The molecule has 3 aliphatic carbocycles. The second-order valence-corrected chi connectivity index (χ2v) is 7.67. The summed E-state index contributed by atoms with van der Waals surface area (Å²) in [4.78, 5) is 0. The fraction of sp³-hybridized carbons (Fsp3) is 0.286. The molecule has 2 aromatic carbocycles. The molecule has 2 unspecified atom stereocenters. The molecule has 3 aliphatic rings. The topological polar surface area (TPSA) is 0 Å². The molecular weight excluding hydrogens is 336 g/mol. The highest BCUT2D eigenvalue weighted by Crippen LogP contribution is 2.58. The van der Waals surface area contributed by atoms with Crippen LogP contribution in [0.4, 0.5) is 0 Å². The first-order chi connectivity index (χ1) is 13.8. The van der Waals surface area contributed by atoms with Crippen molar-refractivity contribution in [3.05, 3.63) is 113 Å². The molecule has 5 rings (SSSR count). The maximum Gasteiger partial charge on any atom is 0.0707 e. The second kappa shape index (κ2) is 7.80. The molecule has 0 heterocycles. The van der Waals surface area contributed by atoms with Crippen molar-refractivity contribution in [3.8, 4) is 0 Å². The average molecular weight is 367 g/mol. The predicted octanol–water partition coefficient (Wildman–Crippen LogP) is 7.64. The molecule has 0 fully saturated rings. The van der Waals surface area contributed by atoms with Crippen LogP contribution in [0.5, 0.6) is 0 Å². The predicted molar refractivity (Wildman–Crippen MR) is 121 cm³/mol. The summed E-state index contributed by atoms with van der Waals surface area (Å²) >= 11 is 0. The molecule has 0 heteroatoms. The molecule has 2 aromatic rings. The molecule has 142 valence electrons. The lowest BCUT2D eigenvalue weighted by atomic mass is 9.64. The molecule has 0 N–H and O–H groups in total. The van der Waals surface area contributed by atoms with Crippen molar-refractivity contribution in [2.75, 3.05) is 0 Å². The number of benzene rings is 2. The van der Waals surface area contributed by atoms with E-state index in [4.69, 9.17) is 0 Å². The maximum atomic E-state index is 2.47. The van der Waals surface area contributed by atoms with E-state index in [0.717, 1.165) is 19.3 Å². The largest absolute Gasteiger partial charge is 0.0839 e. The highest BCUT2D eigenvalue weighted by molar-refractivity contribution is 5.89. The first-order valence-corrected chi connectivity index (χ1v) is 10.8. The van der Waals surface area contributed by atoms with Gasteiger partial charge in [0, 0.05) is 0 Å². The Hall–Kier alpha value is -2.60. The average Bonchev–Trinajstić information content (AvgIpc) is 3.09. The van der Waals surface area contributed by atoms with Crippen LogP contribution < -0.4 is 0 Å². The van der Waals surface area contributed by atoms with Crippen LogP contribution in [0.2, 0.25) is 0 Å². The highest BCUT2D eigenvalue weighted by atomic mass is 14.5. The van der Waals surface area contributed by atoms with Crippen LogP contribution in [0, 0.1) is 5.92 Å². The molecule has 0 bridgehead atoms. The van der Waals surface area contributed by atoms with Gasteiger partial charge in [0.25, 0.3) is 0 Å². The van der Waals surface area contributed by atoms with Gasteiger partial charge in [-0.3, -0.25) is 0 Å². The first-order valence-electron chi connectivity index (χ1n) is 10.8. The van der Waals surface area contributed by atoms with Crippen molar-refractivity contribution in [1.82, 2.24) is 0 Å². The fourth-order valence-electron chi connectivity index (χ4n) is 5.16. The van der Waals surface area contributed by atoms with Gasteiger partial charge in [0.15, 0.2) is 0 Å². The van der Waals surface area contributed by atoms with Crippen LogP contribution >= 0.6 is 0 Å². The van der Waals surface area contributed by atoms with Crippen LogP contribution in [-0.2, 0) is 5.41 Å². The van der Waals surface area contributed by atoms with E-state index in [1.54, 1.807) is 5.57 Å². The summed E-state index contributed by atoms with van der Waals surface area (Å²) in [5.74, 6) is 0.565. The summed E-state index contributed by atoms with van der Waals surface area (Å²) in [7, 11) is 0. The summed E-state index contributed by atoms with van der Waals surface area (Å²) < 4.78 is 0. The van der Waals surface area contributed by atoms with E-state index in [-0.39, 0.29) is 5.41 Å². The van der Waals surface area contributed by atoms with Crippen molar-refractivity contribution >= 4 is 5.57 Å². The van der Waals surface area contributed by atoms with Crippen LogP contribution in [0.25, 0.3) is 5.57 Å². The Balaban J connectivity index is 0.000000932. The van der Waals surface area contributed by atoms with Gasteiger partial charge in [0.1, 0.15) is 0 Å². The lowest BCUT2D eigenvalue weighted by Crippen LogP contribution is -2.30. The number of fused-ring (bicyclic) bond motifs is 2. The minimum absolute atomic E-state index is 0.171. The van der Waals surface area contributed by atoms with Crippen molar-refractivity contribution in [1.29, 1.82) is 0 Å². The van der Waals surface area contributed by atoms with E-state index < -0.39 is 0 Å². The Morgan fingerprint density at radius 1 is 0.821 bits per heavy atom. The summed E-state index contributed by atoms with van der Waals surface area (Å²) in [5.41, 5.74) is 8.58. The van der Waals surface area contributed by atoms with Gasteiger partial charge in [-0.15, -0.1) is 0 Å². The van der Waals surface area contributed by atoms with E-state index in [1.165, 1.54) is 27.8 Å². The Kier molecular flexibility index (Phi) is 5.22. The van der Waals surface area contributed by atoms with Crippen molar-refractivity contribution in [2.24, 2.45) is 5.92 Å². The molecule has 0 aliphatic heterocycles. The third-order valence-electron chi connectivity index (χ3n) is 6.22. The number of hydrogen-bond donors (Lipinski definition) is 0. The van der Waals surface area contributed by atoms with Gasteiger partial charge >= 0.3 is 0 Å². The molecular formula is C28H30. The summed E-state index contributed by atoms with van der Waals surface area (Å²) in [6.07, 6.45) is 15.4. The lowest BCUT2D eigenvalue weighted by Gasteiger charge is -2.37. The van der Waals surface area contributed by atoms with E-state index in [0.29, 0.717) is 5.92 Å². The van der Waals surface area contributed by atoms with E-state index in [1.807, 2.05) is 13.8 Å². The van der Waals surface area contributed by atoms with E-state index >= 15 is 0 Å². The Labute approximate surface area is 170 Å². The number of rotatable bonds is 2. The molecule has 0 amide bonds. The SMILES string of the molecule is CC.CC1CC=CC2=C1c1ccccc1C2(C1=CCCC=C1)c1ccccc1. The van der Waals surface area contributed by atoms with Crippen LogP contribution in [0.15, 0.2) is 96.1 Å². The van der Waals surface area contributed by atoms with Crippen molar-refractivity contribution < 1.29 is 0 Å². The van der Waals surface area contributed by atoms with Crippen molar-refractivity contribution in [2.45, 2.75) is 45.4 Å². The second-order valence-electron chi connectivity index (χ2n) is 7.67. The third kappa shape index (κ3) is 2.66. The summed E-state index contributed by atoms with van der Waals surface area (Å²) in [5, 5.41) is 0. The van der Waals surface area contributed by atoms with E-state index in [9.17, 15) is 0 Å². The first kappa shape index (κ1) is 18.7. The number of allylic oxidation sites excluding steroid dienone is 8. The normalized spacial score (nSPS) is 24.8. The van der Waals surface area contributed by atoms with Crippen molar-refractivity contribution in [3.63, 3.8) is 0 Å². The van der Waals surface area contributed by atoms with Crippen LogP contribution in [0.3, 0.4) is 0 Å². The molecule has 0 radical (unpaired) electrons.